The fraction of sp³-hybridized carbons (Fsp3) is 0.800. The van der Waals surface area contributed by atoms with Gasteiger partial charge in [0.2, 0.25) is 0 Å². The lowest BCUT2D eigenvalue weighted by atomic mass is 9.80. The normalized spacial score (nSPS) is 22.5. The first kappa shape index (κ1) is 10.1. The smallest absolute Gasteiger partial charge is 0.148 e. The van der Waals surface area contributed by atoms with Crippen molar-refractivity contribution in [2.75, 3.05) is 20.1 Å². The quantitative estimate of drug-likeness (QED) is 0.709. The van der Waals surface area contributed by atoms with Gasteiger partial charge in [-0.1, -0.05) is 6.92 Å². The van der Waals surface area contributed by atoms with E-state index in [0.29, 0.717) is 0 Å². The van der Waals surface area contributed by atoms with Gasteiger partial charge < -0.3 is 4.90 Å². The molecule has 0 unspecified atom stereocenters. The minimum atomic E-state index is 0.220. The fourth-order valence-electron chi connectivity index (χ4n) is 1.88. The summed E-state index contributed by atoms with van der Waals surface area (Å²) in [7, 11) is 2.18. The molecule has 0 aromatic carbocycles. The summed E-state index contributed by atoms with van der Waals surface area (Å²) in [5, 5.41) is 1.08. The summed E-state index contributed by atoms with van der Waals surface area (Å²) in [6.45, 7) is 6.64. The van der Waals surface area contributed by atoms with E-state index in [-0.39, 0.29) is 5.41 Å². The van der Waals surface area contributed by atoms with Gasteiger partial charge in [-0.15, -0.1) is 0 Å². The Morgan fingerprint density at radius 3 is 2.50 bits per heavy atom. The zero-order chi connectivity index (χ0) is 10.2. The molecule has 1 aromatic heterocycles. The van der Waals surface area contributed by atoms with Gasteiger partial charge in [-0.05, 0) is 51.4 Å². The van der Waals surface area contributed by atoms with Crippen molar-refractivity contribution in [2.24, 2.45) is 0 Å². The Morgan fingerprint density at radius 1 is 1.36 bits per heavy atom. The number of aryl methyl sites for hydroxylation is 1. The number of hydrogen-bond donors (Lipinski definition) is 0. The molecule has 1 aliphatic rings. The molecular weight excluding hydrogens is 194 g/mol. The van der Waals surface area contributed by atoms with E-state index < -0.39 is 0 Å². The molecule has 4 heteroatoms. The number of rotatable bonds is 1. The van der Waals surface area contributed by atoms with Crippen LogP contribution in [0, 0.1) is 6.92 Å². The molecule has 0 saturated carbocycles. The maximum atomic E-state index is 4.52. The highest BCUT2D eigenvalue weighted by molar-refractivity contribution is 7.05. The average molecular weight is 211 g/mol. The molecule has 78 valence electrons. The molecule has 0 aliphatic carbocycles. The maximum absolute atomic E-state index is 4.52. The first-order valence-electron chi connectivity index (χ1n) is 5.09. The summed E-state index contributed by atoms with van der Waals surface area (Å²) in [6.07, 6.45) is 2.36. The number of likely N-dealkylation sites (tertiary alicyclic amines) is 1. The number of nitrogens with zero attached hydrogens (tertiary/aromatic N) is 3. The van der Waals surface area contributed by atoms with Crippen LogP contribution in [0.1, 0.15) is 30.6 Å². The first-order chi connectivity index (χ1) is 6.60. The molecule has 1 saturated heterocycles. The van der Waals surface area contributed by atoms with Gasteiger partial charge in [0.25, 0.3) is 0 Å². The van der Waals surface area contributed by atoms with Crippen molar-refractivity contribution in [3.63, 3.8) is 0 Å². The minimum absolute atomic E-state index is 0.220. The Kier molecular flexibility index (Phi) is 2.58. The van der Waals surface area contributed by atoms with Crippen LogP contribution in [-0.4, -0.2) is 34.4 Å². The highest BCUT2D eigenvalue weighted by atomic mass is 32.1. The lowest BCUT2D eigenvalue weighted by molar-refractivity contribution is 0.194. The van der Waals surface area contributed by atoms with Crippen LogP contribution in [0.3, 0.4) is 0 Å². The Morgan fingerprint density at radius 2 is 2.00 bits per heavy atom. The van der Waals surface area contributed by atoms with E-state index in [1.54, 1.807) is 0 Å². The summed E-state index contributed by atoms with van der Waals surface area (Å²) in [5.41, 5.74) is 0.220. The standard InChI is InChI=1S/C10H17N3S/c1-8-11-9(12-14-8)10(2)4-6-13(3)7-5-10/h4-7H2,1-3H3. The van der Waals surface area contributed by atoms with Crippen molar-refractivity contribution in [1.29, 1.82) is 0 Å². The number of piperidine rings is 1. The van der Waals surface area contributed by atoms with Crippen LogP contribution in [-0.2, 0) is 5.41 Å². The third-order valence-corrected chi connectivity index (χ3v) is 3.78. The Hall–Kier alpha value is -0.480. The highest BCUT2D eigenvalue weighted by Gasteiger charge is 2.33. The lowest BCUT2D eigenvalue weighted by Crippen LogP contribution is -2.39. The SMILES string of the molecule is Cc1nc(C2(C)CCN(C)CC2)ns1. The van der Waals surface area contributed by atoms with Crippen molar-refractivity contribution in [3.05, 3.63) is 10.8 Å². The van der Waals surface area contributed by atoms with Crippen LogP contribution < -0.4 is 0 Å². The van der Waals surface area contributed by atoms with Crippen LogP contribution in [0.15, 0.2) is 0 Å². The van der Waals surface area contributed by atoms with Gasteiger partial charge in [0.05, 0.1) is 0 Å². The van der Waals surface area contributed by atoms with Crippen LogP contribution in [0.25, 0.3) is 0 Å². The van der Waals surface area contributed by atoms with Gasteiger partial charge in [-0.3, -0.25) is 0 Å². The Labute approximate surface area is 89.3 Å². The van der Waals surface area contributed by atoms with E-state index in [4.69, 9.17) is 0 Å². The third kappa shape index (κ3) is 1.81. The molecule has 2 rings (SSSR count). The molecule has 1 fully saturated rings. The molecule has 2 heterocycles. The van der Waals surface area contributed by atoms with Crippen molar-refractivity contribution >= 4 is 11.5 Å². The maximum Gasteiger partial charge on any atom is 0.148 e. The largest absolute Gasteiger partial charge is 0.306 e. The van der Waals surface area contributed by atoms with Crippen molar-refractivity contribution < 1.29 is 0 Å². The predicted octanol–water partition coefficient (Wildman–Crippen LogP) is 1.83. The molecule has 0 spiro atoms. The molecule has 1 aromatic rings. The van der Waals surface area contributed by atoms with E-state index in [9.17, 15) is 0 Å². The zero-order valence-electron chi connectivity index (χ0n) is 9.08. The highest BCUT2D eigenvalue weighted by Crippen LogP contribution is 2.33. The molecular formula is C10H17N3S. The second-order valence-corrected chi connectivity index (χ2v) is 5.46. The van der Waals surface area contributed by atoms with Crippen LogP contribution in [0.4, 0.5) is 0 Å². The van der Waals surface area contributed by atoms with Crippen LogP contribution in [0.5, 0.6) is 0 Å². The third-order valence-electron chi connectivity index (χ3n) is 3.16. The monoisotopic (exact) mass is 211 g/mol. The molecule has 0 radical (unpaired) electrons. The van der Waals surface area contributed by atoms with Gasteiger partial charge >= 0.3 is 0 Å². The topological polar surface area (TPSA) is 29.0 Å². The van der Waals surface area contributed by atoms with E-state index in [2.05, 4.69) is 28.2 Å². The summed E-state index contributed by atoms with van der Waals surface area (Å²) in [5.74, 6) is 1.06. The van der Waals surface area contributed by atoms with E-state index in [1.807, 2.05) is 6.92 Å². The van der Waals surface area contributed by atoms with Gasteiger partial charge in [-0.25, -0.2) is 4.98 Å². The molecule has 0 atom stereocenters. The Bertz CT molecular complexity index is 313. The van der Waals surface area contributed by atoms with Crippen LogP contribution >= 0.6 is 11.5 Å². The van der Waals surface area contributed by atoms with Crippen molar-refractivity contribution in [3.8, 4) is 0 Å². The van der Waals surface area contributed by atoms with Gasteiger partial charge in [0, 0.05) is 5.41 Å². The molecule has 0 N–H and O–H groups in total. The number of hydrogen-bond acceptors (Lipinski definition) is 4. The Balaban J connectivity index is 2.16. The molecule has 14 heavy (non-hydrogen) atoms. The van der Waals surface area contributed by atoms with Gasteiger partial charge in [-0.2, -0.15) is 4.37 Å². The average Bonchev–Trinajstić information content (AvgIpc) is 2.58. The summed E-state index contributed by atoms with van der Waals surface area (Å²) >= 11 is 1.52. The first-order valence-corrected chi connectivity index (χ1v) is 5.87. The lowest BCUT2D eigenvalue weighted by Gasteiger charge is -2.35. The fourth-order valence-corrected chi connectivity index (χ4v) is 2.49. The zero-order valence-corrected chi connectivity index (χ0v) is 9.89. The molecule has 1 aliphatic heterocycles. The van der Waals surface area contributed by atoms with Gasteiger partial charge in [0.1, 0.15) is 10.8 Å². The van der Waals surface area contributed by atoms with Crippen LogP contribution in [0.2, 0.25) is 0 Å². The summed E-state index contributed by atoms with van der Waals surface area (Å²) in [4.78, 5) is 6.90. The van der Waals surface area contributed by atoms with Gasteiger partial charge in [0.15, 0.2) is 0 Å². The molecule has 3 nitrogen and oxygen atoms in total. The minimum Gasteiger partial charge on any atom is -0.306 e. The second kappa shape index (κ2) is 3.59. The van der Waals surface area contributed by atoms with E-state index >= 15 is 0 Å². The van der Waals surface area contributed by atoms with Crippen molar-refractivity contribution in [2.45, 2.75) is 32.1 Å². The summed E-state index contributed by atoms with van der Waals surface area (Å²) in [6, 6.07) is 0. The van der Waals surface area contributed by atoms with E-state index in [1.165, 1.54) is 24.4 Å². The molecule has 0 amide bonds. The van der Waals surface area contributed by atoms with E-state index in [0.717, 1.165) is 23.9 Å². The predicted molar refractivity (Wildman–Crippen MR) is 58.7 cm³/mol. The number of aromatic nitrogens is 2. The second-order valence-electron chi connectivity index (χ2n) is 4.50. The molecule has 0 bridgehead atoms. The van der Waals surface area contributed by atoms with Crippen molar-refractivity contribution in [1.82, 2.24) is 14.3 Å². The summed E-state index contributed by atoms with van der Waals surface area (Å²) < 4.78 is 4.45.